The highest BCUT2D eigenvalue weighted by Gasteiger charge is 2.46. The van der Waals surface area contributed by atoms with E-state index in [0.29, 0.717) is 28.9 Å². The van der Waals surface area contributed by atoms with Gasteiger partial charge in [-0.2, -0.15) is 5.10 Å². The molecule has 0 spiro atoms. The van der Waals surface area contributed by atoms with Crippen molar-refractivity contribution < 1.29 is 23.9 Å². The van der Waals surface area contributed by atoms with E-state index in [4.69, 9.17) is 15.6 Å². The van der Waals surface area contributed by atoms with Crippen LogP contribution in [-0.4, -0.2) is 116 Å². The lowest BCUT2D eigenvalue weighted by Crippen LogP contribution is -2.54. The maximum Gasteiger partial charge on any atom is 0.264 e. The van der Waals surface area contributed by atoms with Gasteiger partial charge in [0.2, 0.25) is 11.8 Å². The molecule has 4 aliphatic heterocycles. The lowest BCUT2D eigenvalue weighted by Gasteiger charge is -2.42. The Hall–Kier alpha value is -5.93. The zero-order valence-electron chi connectivity index (χ0n) is 34.3. The van der Waals surface area contributed by atoms with Crippen molar-refractivity contribution >= 4 is 46.2 Å². The number of hydrogen-bond donors (Lipinski definition) is 2. The molecular weight excluding hydrogens is 761 g/mol. The molecule has 2 atom stereocenters. The third-order valence-electron chi connectivity index (χ3n) is 13.0. The van der Waals surface area contributed by atoms with Gasteiger partial charge < -0.3 is 20.3 Å². The van der Waals surface area contributed by atoms with E-state index in [1.54, 1.807) is 6.07 Å². The second-order valence-corrected chi connectivity index (χ2v) is 16.6. The molecular formula is C45H52N10O5. The summed E-state index contributed by atoms with van der Waals surface area (Å²) in [5, 5.41) is 8.20. The van der Waals surface area contributed by atoms with Gasteiger partial charge in [0.15, 0.2) is 5.65 Å². The van der Waals surface area contributed by atoms with Crippen LogP contribution < -0.4 is 20.7 Å². The number of carbonyl (C=O) groups is 4. The number of aromatic nitrogens is 4. The zero-order chi connectivity index (χ0) is 41.5. The molecule has 0 radical (unpaired) electrons. The van der Waals surface area contributed by atoms with Gasteiger partial charge in [-0.05, 0) is 107 Å². The topological polar surface area (TPSA) is 172 Å². The normalized spacial score (nSPS) is 24.5. The van der Waals surface area contributed by atoms with Crippen LogP contribution in [0.5, 0.6) is 5.75 Å². The summed E-state index contributed by atoms with van der Waals surface area (Å²) >= 11 is 0. The fourth-order valence-electron chi connectivity index (χ4n) is 9.93. The van der Waals surface area contributed by atoms with Gasteiger partial charge in [-0.1, -0.05) is 12.1 Å². The molecule has 15 nitrogen and oxygen atoms in total. The van der Waals surface area contributed by atoms with Crippen LogP contribution in [0.4, 0.5) is 11.5 Å². The first-order valence-electron chi connectivity index (χ1n) is 21.3. The SMILES string of the molecule is C/C=C\C(=C/C)Oc1ccc(-c2nn(C3CCC(N4CCN(CC5CCN(c6cccc7c6C(=O)N(C6CCC(=O)NC6=O)C7=O)C5)CC4)CC3)c3ncnc(N)c23)cc1. The molecule has 312 valence electrons. The number of piperidine rings is 1. The Morgan fingerprint density at radius 3 is 2.38 bits per heavy atom. The Bertz CT molecular complexity index is 2370. The maximum absolute atomic E-state index is 13.7. The summed E-state index contributed by atoms with van der Waals surface area (Å²) < 4.78 is 8.10. The number of imide groups is 2. The Labute approximate surface area is 349 Å². The van der Waals surface area contributed by atoms with Crippen molar-refractivity contribution in [1.82, 2.24) is 39.8 Å². The highest BCUT2D eigenvalue weighted by molar-refractivity contribution is 6.25. The number of nitrogens with zero attached hydrogens (tertiary/aromatic N) is 8. The summed E-state index contributed by atoms with van der Waals surface area (Å²) in [5.74, 6) is 0.496. The molecule has 4 aromatic rings. The highest BCUT2D eigenvalue weighted by Crippen LogP contribution is 2.39. The van der Waals surface area contributed by atoms with Gasteiger partial charge in [-0.3, -0.25) is 34.3 Å². The van der Waals surface area contributed by atoms with Crippen LogP contribution in [0.1, 0.15) is 85.6 Å². The third-order valence-corrected chi connectivity index (χ3v) is 13.0. The molecule has 5 aliphatic rings. The van der Waals surface area contributed by atoms with E-state index in [9.17, 15) is 19.2 Å². The summed E-state index contributed by atoms with van der Waals surface area (Å²) in [4.78, 5) is 69.0. The molecule has 2 unspecified atom stereocenters. The van der Waals surface area contributed by atoms with Gasteiger partial charge in [-0.25, -0.2) is 14.6 Å². The third kappa shape index (κ3) is 7.44. The van der Waals surface area contributed by atoms with Gasteiger partial charge >= 0.3 is 0 Å². The Balaban J connectivity index is 0.786. The van der Waals surface area contributed by atoms with Crippen molar-refractivity contribution in [2.24, 2.45) is 5.92 Å². The smallest absolute Gasteiger partial charge is 0.264 e. The first-order chi connectivity index (χ1) is 29.2. The summed E-state index contributed by atoms with van der Waals surface area (Å²) in [6, 6.07) is 13.1. The van der Waals surface area contributed by atoms with Crippen LogP contribution in [0, 0.1) is 5.92 Å². The number of nitrogens with two attached hydrogens (primary N) is 1. The van der Waals surface area contributed by atoms with E-state index in [1.165, 1.54) is 6.33 Å². The predicted octanol–water partition coefficient (Wildman–Crippen LogP) is 4.96. The minimum atomic E-state index is -0.973. The van der Waals surface area contributed by atoms with Gasteiger partial charge in [0.05, 0.1) is 28.2 Å². The number of nitrogen functional groups attached to an aromatic ring is 1. The molecule has 3 saturated heterocycles. The number of amides is 4. The molecule has 15 heteroatoms. The number of nitrogens with one attached hydrogen (secondary N) is 1. The molecule has 2 aromatic heterocycles. The van der Waals surface area contributed by atoms with Gasteiger partial charge in [0.25, 0.3) is 11.8 Å². The van der Waals surface area contributed by atoms with Crippen LogP contribution in [-0.2, 0) is 9.59 Å². The fourth-order valence-corrected chi connectivity index (χ4v) is 9.93. The van der Waals surface area contributed by atoms with Crippen molar-refractivity contribution in [1.29, 1.82) is 0 Å². The van der Waals surface area contributed by atoms with Crippen molar-refractivity contribution in [3.63, 3.8) is 0 Å². The van der Waals surface area contributed by atoms with Crippen LogP contribution in [0.15, 0.2) is 72.8 Å². The number of hydrogen-bond acceptors (Lipinski definition) is 12. The van der Waals surface area contributed by atoms with E-state index >= 15 is 0 Å². The van der Waals surface area contributed by atoms with E-state index in [-0.39, 0.29) is 24.8 Å². The summed E-state index contributed by atoms with van der Waals surface area (Å²) in [5.41, 5.74) is 10.4. The maximum atomic E-state index is 13.7. The molecule has 4 fully saturated rings. The number of ether oxygens (including phenoxy) is 1. The van der Waals surface area contributed by atoms with Crippen LogP contribution in [0.3, 0.4) is 0 Å². The van der Waals surface area contributed by atoms with E-state index in [0.717, 1.165) is 122 Å². The van der Waals surface area contributed by atoms with E-state index in [1.807, 2.05) is 68.5 Å². The van der Waals surface area contributed by atoms with E-state index < -0.39 is 23.8 Å². The number of anilines is 2. The van der Waals surface area contributed by atoms with Crippen molar-refractivity contribution in [3.05, 3.63) is 83.9 Å². The first kappa shape index (κ1) is 39.5. The van der Waals surface area contributed by atoms with Crippen LogP contribution in [0.2, 0.25) is 0 Å². The molecule has 6 heterocycles. The number of carbonyl (C=O) groups excluding carboxylic acids is 4. The number of piperazine rings is 1. The van der Waals surface area contributed by atoms with Crippen LogP contribution in [0.25, 0.3) is 22.3 Å². The summed E-state index contributed by atoms with van der Waals surface area (Å²) in [6.45, 7) is 10.6. The minimum Gasteiger partial charge on any atom is -0.458 e. The fraction of sp³-hybridized carbons (Fsp3) is 0.444. The molecule has 9 rings (SSSR count). The minimum absolute atomic E-state index is 0.0982. The highest BCUT2D eigenvalue weighted by atomic mass is 16.5. The molecule has 60 heavy (non-hydrogen) atoms. The average Bonchev–Trinajstić information content (AvgIpc) is 3.96. The van der Waals surface area contributed by atoms with Gasteiger partial charge in [0.1, 0.15) is 35.4 Å². The van der Waals surface area contributed by atoms with Gasteiger partial charge in [-0.15, -0.1) is 0 Å². The molecule has 1 aliphatic carbocycles. The van der Waals surface area contributed by atoms with Crippen LogP contribution >= 0.6 is 0 Å². The Morgan fingerprint density at radius 2 is 1.65 bits per heavy atom. The summed E-state index contributed by atoms with van der Waals surface area (Å²) in [6.07, 6.45) is 12.8. The Morgan fingerprint density at radius 1 is 0.883 bits per heavy atom. The van der Waals surface area contributed by atoms with Crippen molar-refractivity contribution in [2.45, 2.75) is 76.9 Å². The number of benzene rings is 2. The largest absolute Gasteiger partial charge is 0.458 e. The number of allylic oxidation sites excluding steroid dienone is 3. The lowest BCUT2D eigenvalue weighted by atomic mass is 9.90. The quantitative estimate of drug-likeness (QED) is 0.126. The Kier molecular flexibility index (Phi) is 10.9. The molecule has 2 aromatic carbocycles. The molecule has 0 bridgehead atoms. The second kappa shape index (κ2) is 16.6. The second-order valence-electron chi connectivity index (χ2n) is 16.6. The number of rotatable bonds is 10. The van der Waals surface area contributed by atoms with Crippen molar-refractivity contribution in [3.8, 4) is 17.0 Å². The lowest BCUT2D eigenvalue weighted by molar-refractivity contribution is -0.136. The van der Waals surface area contributed by atoms with E-state index in [2.05, 4.69) is 34.7 Å². The van der Waals surface area contributed by atoms with Crippen molar-refractivity contribution in [2.75, 3.05) is 56.4 Å². The standard InChI is InChI=1S/C45H52N10O5/c1-3-6-32(4-2)60-33-15-9-29(10-16-33)40-39-41(46)47-27-48-42(39)55(50-40)31-13-11-30(12-14-31)52-23-21-51(22-24-52)25-28-19-20-53(26-28)35-8-5-7-34-38(35)45(59)54(44(34)58)36-17-18-37(56)49-43(36)57/h3-10,15-16,27-28,30-31,36H,11-14,17-26H2,1-2H3,(H2,46,47,48)(H,49,56,57)/b6-3-,32-4+. The monoisotopic (exact) mass is 812 g/mol. The molecule has 1 saturated carbocycles. The number of fused-ring (bicyclic) bond motifs is 2. The molecule has 4 amide bonds. The van der Waals surface area contributed by atoms with Gasteiger partial charge in [0, 0.05) is 63.8 Å². The molecule has 3 N–H and O–H groups in total. The first-order valence-corrected chi connectivity index (χ1v) is 21.3. The zero-order valence-corrected chi connectivity index (χ0v) is 34.3. The predicted molar refractivity (Wildman–Crippen MR) is 227 cm³/mol. The average molecular weight is 813 g/mol. The summed E-state index contributed by atoms with van der Waals surface area (Å²) in [7, 11) is 0.